The van der Waals surface area contributed by atoms with Gasteiger partial charge in [0.15, 0.2) is 0 Å². The summed E-state index contributed by atoms with van der Waals surface area (Å²) < 4.78 is 23.9. The molecule has 1 heterocycles. The van der Waals surface area contributed by atoms with E-state index in [4.69, 9.17) is 0 Å². The quantitative estimate of drug-likeness (QED) is 0.664. The van der Waals surface area contributed by atoms with Crippen molar-refractivity contribution in [2.24, 2.45) is 11.0 Å². The van der Waals surface area contributed by atoms with Gasteiger partial charge in [0.05, 0.1) is 0 Å². The molecule has 1 fully saturated rings. The van der Waals surface area contributed by atoms with Gasteiger partial charge in [-0.05, 0) is 44.7 Å². The summed E-state index contributed by atoms with van der Waals surface area (Å²) in [6.07, 6.45) is 2.24. The maximum Gasteiger partial charge on any atom is 0.286 e. The summed E-state index contributed by atoms with van der Waals surface area (Å²) in [4.78, 5) is 3.26. The highest BCUT2D eigenvalue weighted by atomic mass is 32.2. The van der Waals surface area contributed by atoms with Crippen LogP contribution in [0.15, 0.2) is 21.4 Å². The summed E-state index contributed by atoms with van der Waals surface area (Å²) in [5.74, 6) is 0.479. The van der Waals surface area contributed by atoms with Gasteiger partial charge in [0.2, 0.25) is 0 Å². The molecule has 1 aromatic heterocycles. The Balaban J connectivity index is 2.11. The SMILES string of the molecule is CC(=NNS(=O)(=O)c1ccc(C)s1)C1CC1. The van der Waals surface area contributed by atoms with Crippen LogP contribution in [0.25, 0.3) is 0 Å². The maximum atomic E-state index is 11.8. The van der Waals surface area contributed by atoms with E-state index < -0.39 is 10.0 Å². The highest BCUT2D eigenvalue weighted by molar-refractivity contribution is 7.91. The van der Waals surface area contributed by atoms with Gasteiger partial charge in [-0.2, -0.15) is 18.4 Å². The summed E-state index contributed by atoms with van der Waals surface area (Å²) >= 11 is 1.25. The summed E-state index contributed by atoms with van der Waals surface area (Å²) in [6, 6.07) is 3.39. The molecular weight excluding hydrogens is 244 g/mol. The van der Waals surface area contributed by atoms with Crippen LogP contribution in [0.1, 0.15) is 24.6 Å². The Kier molecular flexibility index (Phi) is 3.03. The lowest BCUT2D eigenvalue weighted by molar-refractivity contribution is 0.586. The highest BCUT2D eigenvalue weighted by Gasteiger charge is 2.25. The molecule has 0 amide bonds. The first-order chi connectivity index (χ1) is 7.49. The first kappa shape index (κ1) is 11.6. The molecule has 1 aromatic rings. The third-order valence-electron chi connectivity index (χ3n) is 2.49. The first-order valence-corrected chi connectivity index (χ1v) is 7.41. The van der Waals surface area contributed by atoms with E-state index in [2.05, 4.69) is 9.93 Å². The van der Waals surface area contributed by atoms with Crippen LogP contribution in [0.3, 0.4) is 0 Å². The fourth-order valence-electron chi connectivity index (χ4n) is 1.33. The minimum Gasteiger partial charge on any atom is -0.199 e. The van der Waals surface area contributed by atoms with Crippen molar-refractivity contribution in [1.82, 2.24) is 4.83 Å². The third-order valence-corrected chi connectivity index (χ3v) is 5.19. The van der Waals surface area contributed by atoms with Crippen LogP contribution in [-0.2, 0) is 10.0 Å². The van der Waals surface area contributed by atoms with Crippen LogP contribution >= 0.6 is 11.3 Å². The van der Waals surface area contributed by atoms with Gasteiger partial charge >= 0.3 is 0 Å². The lowest BCUT2D eigenvalue weighted by atomic mass is 10.3. The van der Waals surface area contributed by atoms with Crippen LogP contribution in [-0.4, -0.2) is 14.1 Å². The fourth-order valence-corrected chi connectivity index (χ4v) is 3.46. The molecule has 1 saturated carbocycles. The molecule has 0 aliphatic heterocycles. The van der Waals surface area contributed by atoms with E-state index in [0.717, 1.165) is 23.4 Å². The molecule has 0 radical (unpaired) electrons. The molecule has 1 N–H and O–H groups in total. The van der Waals surface area contributed by atoms with Crippen molar-refractivity contribution in [2.45, 2.75) is 30.9 Å². The molecule has 1 aliphatic carbocycles. The summed E-state index contributed by atoms with van der Waals surface area (Å²) in [5.41, 5.74) is 0.872. The van der Waals surface area contributed by atoms with Crippen LogP contribution < -0.4 is 4.83 Å². The molecule has 0 aromatic carbocycles. The number of sulfonamides is 1. The molecule has 0 saturated heterocycles. The van der Waals surface area contributed by atoms with E-state index in [-0.39, 0.29) is 0 Å². The van der Waals surface area contributed by atoms with Gasteiger partial charge in [-0.25, -0.2) is 0 Å². The van der Waals surface area contributed by atoms with E-state index in [1.165, 1.54) is 11.3 Å². The Morgan fingerprint density at radius 3 is 2.69 bits per heavy atom. The first-order valence-electron chi connectivity index (χ1n) is 5.11. The van der Waals surface area contributed by atoms with Gasteiger partial charge in [-0.15, -0.1) is 11.3 Å². The van der Waals surface area contributed by atoms with E-state index in [0.29, 0.717) is 10.1 Å². The van der Waals surface area contributed by atoms with Crippen molar-refractivity contribution in [3.8, 4) is 0 Å². The van der Waals surface area contributed by atoms with Gasteiger partial charge in [-0.1, -0.05) is 0 Å². The predicted octanol–water partition coefficient (Wildman–Crippen LogP) is 2.12. The predicted molar refractivity (Wildman–Crippen MR) is 65.2 cm³/mol. The standard InChI is InChI=1S/C10H14N2O2S2/c1-7-3-6-10(15-7)16(13,14)12-11-8(2)9-4-5-9/h3,6,9,12H,4-5H2,1-2H3. The van der Waals surface area contributed by atoms with Crippen LogP contribution in [0.2, 0.25) is 0 Å². The van der Waals surface area contributed by atoms with Crippen molar-refractivity contribution in [3.63, 3.8) is 0 Å². The molecule has 0 bridgehead atoms. The van der Waals surface area contributed by atoms with Gasteiger partial charge in [-0.3, -0.25) is 0 Å². The molecule has 16 heavy (non-hydrogen) atoms. The van der Waals surface area contributed by atoms with Crippen LogP contribution in [0.4, 0.5) is 0 Å². The smallest absolute Gasteiger partial charge is 0.199 e. The number of rotatable bonds is 4. The number of nitrogens with one attached hydrogen (secondary N) is 1. The normalized spacial score (nSPS) is 17.5. The molecule has 6 heteroatoms. The Labute approximate surface area is 99.4 Å². The van der Waals surface area contributed by atoms with Crippen molar-refractivity contribution in [3.05, 3.63) is 17.0 Å². The topological polar surface area (TPSA) is 58.5 Å². The Hall–Kier alpha value is -0.880. The third kappa shape index (κ3) is 2.62. The Morgan fingerprint density at radius 2 is 2.19 bits per heavy atom. The molecule has 0 unspecified atom stereocenters. The highest BCUT2D eigenvalue weighted by Crippen LogP contribution is 2.30. The van der Waals surface area contributed by atoms with Crippen LogP contribution in [0.5, 0.6) is 0 Å². The van der Waals surface area contributed by atoms with E-state index in [9.17, 15) is 8.42 Å². The summed E-state index contributed by atoms with van der Waals surface area (Å²) in [7, 11) is -3.46. The van der Waals surface area contributed by atoms with Crippen molar-refractivity contribution < 1.29 is 8.42 Å². The zero-order valence-electron chi connectivity index (χ0n) is 9.23. The maximum absolute atomic E-state index is 11.8. The molecule has 0 atom stereocenters. The van der Waals surface area contributed by atoms with E-state index >= 15 is 0 Å². The second-order valence-electron chi connectivity index (χ2n) is 3.99. The van der Waals surface area contributed by atoms with Gasteiger partial charge in [0.25, 0.3) is 10.0 Å². The lowest BCUT2D eigenvalue weighted by Gasteiger charge is -2.01. The van der Waals surface area contributed by atoms with Crippen molar-refractivity contribution in [1.29, 1.82) is 0 Å². The molecule has 2 rings (SSSR count). The molecule has 4 nitrogen and oxygen atoms in total. The van der Waals surface area contributed by atoms with Crippen molar-refractivity contribution >= 4 is 27.1 Å². The Bertz CT molecular complexity index is 513. The van der Waals surface area contributed by atoms with Gasteiger partial charge in [0.1, 0.15) is 4.21 Å². The number of hydrogen-bond acceptors (Lipinski definition) is 4. The number of thiophene rings is 1. The molecular formula is C10H14N2O2S2. The molecule has 1 aliphatic rings. The van der Waals surface area contributed by atoms with E-state index in [1.54, 1.807) is 12.1 Å². The molecule has 0 spiro atoms. The minimum absolute atomic E-state index is 0.317. The number of hydrazone groups is 1. The second-order valence-corrected chi connectivity index (χ2v) is 7.16. The zero-order chi connectivity index (χ0) is 11.8. The van der Waals surface area contributed by atoms with E-state index in [1.807, 2.05) is 13.8 Å². The minimum atomic E-state index is -3.46. The van der Waals surface area contributed by atoms with Gasteiger partial charge < -0.3 is 0 Å². The largest absolute Gasteiger partial charge is 0.286 e. The van der Waals surface area contributed by atoms with Crippen molar-refractivity contribution in [2.75, 3.05) is 0 Å². The fraction of sp³-hybridized carbons (Fsp3) is 0.500. The van der Waals surface area contributed by atoms with Gasteiger partial charge in [0, 0.05) is 10.6 Å². The summed E-state index contributed by atoms with van der Waals surface area (Å²) in [5, 5.41) is 3.93. The second kappa shape index (κ2) is 4.18. The molecule has 88 valence electrons. The zero-order valence-corrected chi connectivity index (χ0v) is 10.9. The average molecular weight is 258 g/mol. The average Bonchev–Trinajstić information content (AvgIpc) is 2.98. The number of hydrogen-bond donors (Lipinski definition) is 1. The summed E-state index contributed by atoms with van der Waals surface area (Å²) in [6.45, 7) is 3.74. The number of aryl methyl sites for hydroxylation is 1. The van der Waals surface area contributed by atoms with Crippen LogP contribution in [0, 0.1) is 12.8 Å². The monoisotopic (exact) mass is 258 g/mol. The number of nitrogens with zero attached hydrogens (tertiary/aromatic N) is 1. The Morgan fingerprint density at radius 1 is 1.50 bits per heavy atom. The lowest BCUT2D eigenvalue weighted by Crippen LogP contribution is -2.19.